The van der Waals surface area contributed by atoms with Crippen molar-refractivity contribution in [3.8, 4) is 0 Å². The molecule has 2 nitrogen and oxygen atoms in total. The van der Waals surface area contributed by atoms with Crippen LogP contribution in [0.2, 0.25) is 0 Å². The zero-order valence-electron chi connectivity index (χ0n) is 7.78. The summed E-state index contributed by atoms with van der Waals surface area (Å²) in [6, 6.07) is 1.97. The van der Waals surface area contributed by atoms with E-state index in [1.165, 1.54) is 5.56 Å². The van der Waals surface area contributed by atoms with Crippen LogP contribution in [0.5, 0.6) is 0 Å². The lowest BCUT2D eigenvalue weighted by molar-refractivity contribution is 0.168. The summed E-state index contributed by atoms with van der Waals surface area (Å²) in [7, 11) is 0. The molecule has 2 heteroatoms. The van der Waals surface area contributed by atoms with E-state index in [9.17, 15) is 5.11 Å². The van der Waals surface area contributed by atoms with Gasteiger partial charge in [0.25, 0.3) is 0 Å². The van der Waals surface area contributed by atoms with Crippen molar-refractivity contribution in [3.05, 3.63) is 29.6 Å². The largest absolute Gasteiger partial charge is 0.393 e. The summed E-state index contributed by atoms with van der Waals surface area (Å²) in [6.07, 6.45) is 3.29. The molecule has 0 aliphatic carbocycles. The Balaban J connectivity index is 2.94. The monoisotopic (exact) mass is 165 g/mol. The molecule has 2 unspecified atom stereocenters. The summed E-state index contributed by atoms with van der Waals surface area (Å²) in [5.74, 6) is 0.165. The van der Waals surface area contributed by atoms with Crippen molar-refractivity contribution in [2.45, 2.75) is 32.8 Å². The van der Waals surface area contributed by atoms with E-state index in [-0.39, 0.29) is 12.0 Å². The van der Waals surface area contributed by atoms with E-state index in [2.05, 4.69) is 4.98 Å². The summed E-state index contributed by atoms with van der Waals surface area (Å²) < 4.78 is 0. The Morgan fingerprint density at radius 3 is 2.58 bits per heavy atom. The second-order valence-corrected chi connectivity index (χ2v) is 3.26. The quantitative estimate of drug-likeness (QED) is 0.725. The number of hydrogen-bond acceptors (Lipinski definition) is 2. The Labute approximate surface area is 73.3 Å². The van der Waals surface area contributed by atoms with E-state index >= 15 is 0 Å². The SMILES string of the molecule is Cc1ccncc1C(C)C(C)O. The summed E-state index contributed by atoms with van der Waals surface area (Å²) in [4.78, 5) is 4.04. The molecule has 0 saturated heterocycles. The van der Waals surface area contributed by atoms with Gasteiger partial charge in [-0.1, -0.05) is 6.92 Å². The van der Waals surface area contributed by atoms with Crippen LogP contribution in [0, 0.1) is 6.92 Å². The third kappa shape index (κ3) is 1.83. The van der Waals surface area contributed by atoms with Crippen molar-refractivity contribution in [1.82, 2.24) is 4.98 Å². The fourth-order valence-corrected chi connectivity index (χ4v) is 1.21. The summed E-state index contributed by atoms with van der Waals surface area (Å²) in [5, 5.41) is 9.37. The number of aryl methyl sites for hydroxylation is 1. The number of aliphatic hydroxyl groups is 1. The third-order valence-electron chi connectivity index (χ3n) is 2.29. The molecule has 1 aromatic heterocycles. The molecule has 1 aromatic rings. The lowest BCUT2D eigenvalue weighted by atomic mass is 9.94. The number of nitrogens with zero attached hydrogens (tertiary/aromatic N) is 1. The highest BCUT2D eigenvalue weighted by atomic mass is 16.3. The van der Waals surface area contributed by atoms with Crippen molar-refractivity contribution in [2.24, 2.45) is 0 Å². The van der Waals surface area contributed by atoms with Gasteiger partial charge in [0.1, 0.15) is 0 Å². The van der Waals surface area contributed by atoms with Gasteiger partial charge in [0.2, 0.25) is 0 Å². The van der Waals surface area contributed by atoms with Crippen molar-refractivity contribution < 1.29 is 5.11 Å². The molecule has 0 amide bonds. The van der Waals surface area contributed by atoms with Crippen molar-refractivity contribution in [2.75, 3.05) is 0 Å². The third-order valence-corrected chi connectivity index (χ3v) is 2.29. The molecule has 0 aliphatic rings. The van der Waals surface area contributed by atoms with Crippen molar-refractivity contribution >= 4 is 0 Å². The maximum atomic E-state index is 9.37. The Bertz CT molecular complexity index is 258. The Kier molecular flexibility index (Phi) is 2.82. The number of aliphatic hydroxyl groups excluding tert-OH is 1. The maximum Gasteiger partial charge on any atom is 0.0578 e. The van der Waals surface area contributed by atoms with Crippen LogP contribution in [0.1, 0.15) is 30.9 Å². The molecule has 2 atom stereocenters. The molecule has 0 radical (unpaired) electrons. The summed E-state index contributed by atoms with van der Waals surface area (Å²) in [5.41, 5.74) is 2.32. The molecule has 0 spiro atoms. The van der Waals surface area contributed by atoms with E-state index in [1.54, 1.807) is 13.1 Å². The first kappa shape index (κ1) is 9.20. The van der Waals surface area contributed by atoms with Crippen LogP contribution in [-0.4, -0.2) is 16.2 Å². The highest BCUT2D eigenvalue weighted by molar-refractivity contribution is 5.25. The van der Waals surface area contributed by atoms with E-state index in [1.807, 2.05) is 26.1 Å². The molecule has 0 fully saturated rings. The zero-order chi connectivity index (χ0) is 9.14. The first-order valence-electron chi connectivity index (χ1n) is 4.21. The number of pyridine rings is 1. The van der Waals surface area contributed by atoms with Crippen LogP contribution < -0.4 is 0 Å². The molecule has 66 valence electrons. The second kappa shape index (κ2) is 3.68. The Hall–Kier alpha value is -0.890. The minimum atomic E-state index is -0.312. The lowest BCUT2D eigenvalue weighted by Gasteiger charge is -2.16. The van der Waals surface area contributed by atoms with E-state index in [4.69, 9.17) is 0 Å². The van der Waals surface area contributed by atoms with Crippen LogP contribution in [0.25, 0.3) is 0 Å². The van der Waals surface area contributed by atoms with Gasteiger partial charge in [-0.3, -0.25) is 4.98 Å². The van der Waals surface area contributed by atoms with Crippen LogP contribution in [0.3, 0.4) is 0 Å². The normalized spacial score (nSPS) is 15.7. The topological polar surface area (TPSA) is 33.1 Å². The van der Waals surface area contributed by atoms with Gasteiger partial charge in [0.15, 0.2) is 0 Å². The first-order valence-corrected chi connectivity index (χ1v) is 4.21. The molecular weight excluding hydrogens is 150 g/mol. The Morgan fingerprint density at radius 1 is 1.42 bits per heavy atom. The minimum absolute atomic E-state index is 0.165. The first-order chi connectivity index (χ1) is 5.63. The molecule has 0 aromatic carbocycles. The minimum Gasteiger partial charge on any atom is -0.393 e. The average Bonchev–Trinajstić information content (AvgIpc) is 2.04. The van der Waals surface area contributed by atoms with Gasteiger partial charge in [0, 0.05) is 18.3 Å². The highest BCUT2D eigenvalue weighted by Crippen LogP contribution is 2.20. The van der Waals surface area contributed by atoms with Gasteiger partial charge in [-0.05, 0) is 31.0 Å². The fraction of sp³-hybridized carbons (Fsp3) is 0.500. The maximum absolute atomic E-state index is 9.37. The van der Waals surface area contributed by atoms with Gasteiger partial charge in [0.05, 0.1) is 6.10 Å². The second-order valence-electron chi connectivity index (χ2n) is 3.26. The van der Waals surface area contributed by atoms with Gasteiger partial charge in [-0.2, -0.15) is 0 Å². The van der Waals surface area contributed by atoms with Gasteiger partial charge < -0.3 is 5.11 Å². The molecular formula is C10H15NO. The molecule has 1 rings (SSSR count). The standard InChI is InChI=1S/C10H15NO/c1-7-4-5-11-6-10(7)8(2)9(3)12/h4-6,8-9,12H,1-3H3. The van der Waals surface area contributed by atoms with Crippen LogP contribution in [-0.2, 0) is 0 Å². The van der Waals surface area contributed by atoms with Crippen LogP contribution in [0.15, 0.2) is 18.5 Å². The molecule has 1 N–H and O–H groups in total. The number of aromatic nitrogens is 1. The predicted octanol–water partition coefficient (Wildman–Crippen LogP) is 1.87. The molecule has 0 aliphatic heterocycles. The average molecular weight is 165 g/mol. The molecule has 12 heavy (non-hydrogen) atoms. The summed E-state index contributed by atoms with van der Waals surface area (Å²) in [6.45, 7) is 5.85. The van der Waals surface area contributed by atoms with Crippen LogP contribution in [0.4, 0.5) is 0 Å². The molecule has 0 bridgehead atoms. The van der Waals surface area contributed by atoms with Crippen LogP contribution >= 0.6 is 0 Å². The van der Waals surface area contributed by atoms with Crippen molar-refractivity contribution in [1.29, 1.82) is 0 Å². The number of rotatable bonds is 2. The fourth-order valence-electron chi connectivity index (χ4n) is 1.21. The Morgan fingerprint density at radius 2 is 2.08 bits per heavy atom. The molecule has 0 saturated carbocycles. The lowest BCUT2D eigenvalue weighted by Crippen LogP contribution is -2.12. The zero-order valence-corrected chi connectivity index (χ0v) is 7.78. The van der Waals surface area contributed by atoms with Gasteiger partial charge >= 0.3 is 0 Å². The summed E-state index contributed by atoms with van der Waals surface area (Å²) >= 11 is 0. The van der Waals surface area contributed by atoms with E-state index in [0.717, 1.165) is 5.56 Å². The highest BCUT2D eigenvalue weighted by Gasteiger charge is 2.12. The predicted molar refractivity (Wildman–Crippen MR) is 49.1 cm³/mol. The van der Waals surface area contributed by atoms with Gasteiger partial charge in [-0.15, -0.1) is 0 Å². The van der Waals surface area contributed by atoms with Crippen molar-refractivity contribution in [3.63, 3.8) is 0 Å². The van der Waals surface area contributed by atoms with E-state index < -0.39 is 0 Å². The smallest absolute Gasteiger partial charge is 0.0578 e. The number of hydrogen-bond donors (Lipinski definition) is 1. The van der Waals surface area contributed by atoms with E-state index in [0.29, 0.717) is 0 Å². The van der Waals surface area contributed by atoms with Gasteiger partial charge in [-0.25, -0.2) is 0 Å². The molecule has 1 heterocycles.